The minimum absolute atomic E-state index is 0.248. The summed E-state index contributed by atoms with van der Waals surface area (Å²) in [6, 6.07) is 0. The average Bonchev–Trinajstić information content (AvgIpc) is 2.03. The van der Waals surface area contributed by atoms with E-state index in [1.807, 2.05) is 0 Å². The summed E-state index contributed by atoms with van der Waals surface area (Å²) in [7, 11) is 0. The topological polar surface area (TPSA) is 68.9 Å². The molecule has 0 bridgehead atoms. The molecule has 0 aromatic carbocycles. The normalized spacial score (nSPS) is 9.75. The van der Waals surface area contributed by atoms with Gasteiger partial charge >= 0.3 is 0 Å². The van der Waals surface area contributed by atoms with Gasteiger partial charge in [-0.3, -0.25) is 9.78 Å². The second-order valence-electron chi connectivity index (χ2n) is 2.26. The van der Waals surface area contributed by atoms with Crippen LogP contribution < -0.4 is 5.73 Å². The first-order chi connectivity index (χ1) is 5.70. The summed E-state index contributed by atoms with van der Waals surface area (Å²) in [6.07, 6.45) is 3.72. The molecule has 0 radical (unpaired) electrons. The van der Waals surface area contributed by atoms with Crippen LogP contribution in [0.3, 0.4) is 0 Å². The van der Waals surface area contributed by atoms with Gasteiger partial charge in [0.15, 0.2) is 0 Å². The summed E-state index contributed by atoms with van der Waals surface area (Å²) in [6.45, 7) is 0. The van der Waals surface area contributed by atoms with Gasteiger partial charge < -0.3 is 5.73 Å². The van der Waals surface area contributed by atoms with Crippen molar-refractivity contribution in [3.63, 3.8) is 0 Å². The van der Waals surface area contributed by atoms with Gasteiger partial charge in [-0.2, -0.15) is 0 Å². The Morgan fingerprint density at radius 1 is 1.50 bits per heavy atom. The number of aromatic nitrogens is 2. The quantitative estimate of drug-likeness (QED) is 0.748. The Hall–Kier alpha value is -1.16. The second kappa shape index (κ2) is 4.01. The third kappa shape index (κ3) is 2.47. The lowest BCUT2D eigenvalue weighted by Gasteiger charge is -1.98. The SMILES string of the molecule is NC(=O)CCc1nccnc1Cl. The molecule has 1 aromatic heterocycles. The molecule has 1 heterocycles. The van der Waals surface area contributed by atoms with E-state index in [9.17, 15) is 4.79 Å². The van der Waals surface area contributed by atoms with Crippen LogP contribution in [0.5, 0.6) is 0 Å². The first-order valence-electron chi connectivity index (χ1n) is 3.44. The van der Waals surface area contributed by atoms with Crippen molar-refractivity contribution in [3.05, 3.63) is 23.2 Å². The molecule has 0 fully saturated rings. The summed E-state index contributed by atoms with van der Waals surface area (Å²) in [5, 5.41) is 0.332. The molecule has 0 unspecified atom stereocenters. The molecule has 0 aliphatic heterocycles. The highest BCUT2D eigenvalue weighted by molar-refractivity contribution is 6.29. The van der Waals surface area contributed by atoms with Gasteiger partial charge in [0.2, 0.25) is 5.91 Å². The molecular formula is C7H8ClN3O. The fourth-order valence-corrected chi connectivity index (χ4v) is 0.959. The fourth-order valence-electron chi connectivity index (χ4n) is 0.759. The standard InChI is InChI=1S/C7H8ClN3O/c8-7-5(1-2-6(9)12)10-3-4-11-7/h3-4H,1-2H2,(H2,9,12). The predicted octanol–water partition coefficient (Wildman–Crippen LogP) is 0.548. The van der Waals surface area contributed by atoms with E-state index >= 15 is 0 Å². The molecule has 0 saturated carbocycles. The van der Waals surface area contributed by atoms with Gasteiger partial charge in [0.1, 0.15) is 5.15 Å². The highest BCUT2D eigenvalue weighted by Gasteiger charge is 2.03. The van der Waals surface area contributed by atoms with E-state index in [1.165, 1.54) is 12.4 Å². The smallest absolute Gasteiger partial charge is 0.217 e. The van der Waals surface area contributed by atoms with Crippen molar-refractivity contribution in [2.45, 2.75) is 12.8 Å². The van der Waals surface area contributed by atoms with Gasteiger partial charge in [-0.05, 0) is 0 Å². The molecule has 64 valence electrons. The first kappa shape index (κ1) is 8.93. The zero-order valence-electron chi connectivity index (χ0n) is 6.33. The van der Waals surface area contributed by atoms with Crippen LogP contribution in [0, 0.1) is 0 Å². The third-order valence-corrected chi connectivity index (χ3v) is 1.65. The molecular weight excluding hydrogens is 178 g/mol. The van der Waals surface area contributed by atoms with E-state index in [-0.39, 0.29) is 12.3 Å². The number of nitrogens with two attached hydrogens (primary N) is 1. The molecule has 2 N–H and O–H groups in total. The third-order valence-electron chi connectivity index (χ3n) is 1.33. The zero-order valence-corrected chi connectivity index (χ0v) is 7.08. The largest absolute Gasteiger partial charge is 0.370 e. The Balaban J connectivity index is 2.63. The minimum atomic E-state index is -0.364. The van der Waals surface area contributed by atoms with Crippen LogP contribution in [0.4, 0.5) is 0 Å². The van der Waals surface area contributed by atoms with Crippen LogP contribution in [0.25, 0.3) is 0 Å². The van der Waals surface area contributed by atoms with Gasteiger partial charge in [-0.15, -0.1) is 0 Å². The van der Waals surface area contributed by atoms with Crippen LogP contribution >= 0.6 is 11.6 Å². The number of hydrogen-bond acceptors (Lipinski definition) is 3. The van der Waals surface area contributed by atoms with Gasteiger partial charge in [-0.25, -0.2) is 4.98 Å². The lowest BCUT2D eigenvalue weighted by molar-refractivity contribution is -0.118. The van der Waals surface area contributed by atoms with Crippen molar-refractivity contribution in [1.29, 1.82) is 0 Å². The molecule has 0 atom stereocenters. The zero-order chi connectivity index (χ0) is 8.97. The monoisotopic (exact) mass is 185 g/mol. The van der Waals surface area contributed by atoms with Crippen LogP contribution in [0.2, 0.25) is 5.15 Å². The van der Waals surface area contributed by atoms with E-state index < -0.39 is 0 Å². The van der Waals surface area contributed by atoms with Crippen molar-refractivity contribution in [1.82, 2.24) is 9.97 Å². The number of primary amides is 1. The molecule has 1 aromatic rings. The second-order valence-corrected chi connectivity index (χ2v) is 2.62. The molecule has 1 amide bonds. The van der Waals surface area contributed by atoms with Crippen molar-refractivity contribution in [2.75, 3.05) is 0 Å². The first-order valence-corrected chi connectivity index (χ1v) is 3.81. The highest BCUT2D eigenvalue weighted by atomic mass is 35.5. The minimum Gasteiger partial charge on any atom is -0.370 e. The Labute approximate surface area is 74.8 Å². The van der Waals surface area contributed by atoms with E-state index in [4.69, 9.17) is 17.3 Å². The number of amides is 1. The van der Waals surface area contributed by atoms with Crippen LogP contribution in [-0.4, -0.2) is 15.9 Å². The molecule has 0 saturated heterocycles. The van der Waals surface area contributed by atoms with E-state index in [0.717, 1.165) is 0 Å². The lowest BCUT2D eigenvalue weighted by atomic mass is 10.2. The van der Waals surface area contributed by atoms with Gasteiger partial charge in [0, 0.05) is 25.2 Å². The summed E-state index contributed by atoms with van der Waals surface area (Å²) in [4.78, 5) is 18.2. The van der Waals surface area contributed by atoms with Crippen molar-refractivity contribution < 1.29 is 4.79 Å². The highest BCUT2D eigenvalue weighted by Crippen LogP contribution is 2.09. The van der Waals surface area contributed by atoms with Crippen LogP contribution in [0.1, 0.15) is 12.1 Å². The Morgan fingerprint density at radius 3 is 2.75 bits per heavy atom. The summed E-state index contributed by atoms with van der Waals surface area (Å²) in [5.74, 6) is -0.364. The lowest BCUT2D eigenvalue weighted by Crippen LogP contribution is -2.11. The molecule has 0 spiro atoms. The van der Waals surface area contributed by atoms with Crippen molar-refractivity contribution in [2.24, 2.45) is 5.73 Å². The van der Waals surface area contributed by atoms with Crippen molar-refractivity contribution >= 4 is 17.5 Å². The molecule has 0 aliphatic carbocycles. The maximum atomic E-state index is 10.4. The molecule has 5 heteroatoms. The Bertz CT molecular complexity index is 290. The van der Waals surface area contributed by atoms with E-state index in [2.05, 4.69) is 9.97 Å². The molecule has 0 aliphatic rings. The predicted molar refractivity (Wildman–Crippen MR) is 44.6 cm³/mol. The number of aryl methyl sites for hydroxylation is 1. The molecule has 4 nitrogen and oxygen atoms in total. The number of carbonyl (C=O) groups is 1. The number of carbonyl (C=O) groups excluding carboxylic acids is 1. The number of hydrogen-bond donors (Lipinski definition) is 1. The van der Waals surface area contributed by atoms with Crippen molar-refractivity contribution in [3.8, 4) is 0 Å². The average molecular weight is 186 g/mol. The Morgan fingerprint density at radius 2 is 2.17 bits per heavy atom. The van der Waals surface area contributed by atoms with Crippen LogP contribution in [-0.2, 0) is 11.2 Å². The fraction of sp³-hybridized carbons (Fsp3) is 0.286. The van der Waals surface area contributed by atoms with E-state index in [1.54, 1.807) is 0 Å². The summed E-state index contributed by atoms with van der Waals surface area (Å²) < 4.78 is 0. The summed E-state index contributed by atoms with van der Waals surface area (Å²) >= 11 is 5.68. The maximum absolute atomic E-state index is 10.4. The molecule has 1 rings (SSSR count). The van der Waals surface area contributed by atoms with E-state index in [0.29, 0.717) is 17.3 Å². The summed E-state index contributed by atoms with van der Waals surface area (Å²) in [5.41, 5.74) is 5.57. The van der Waals surface area contributed by atoms with Crippen LogP contribution in [0.15, 0.2) is 12.4 Å². The number of rotatable bonds is 3. The maximum Gasteiger partial charge on any atom is 0.217 e. The van der Waals surface area contributed by atoms with Gasteiger partial charge in [0.25, 0.3) is 0 Å². The van der Waals surface area contributed by atoms with Gasteiger partial charge in [0.05, 0.1) is 5.69 Å². The Kier molecular flexibility index (Phi) is 2.99. The van der Waals surface area contributed by atoms with Gasteiger partial charge in [-0.1, -0.05) is 11.6 Å². The number of halogens is 1. The number of nitrogens with zero attached hydrogens (tertiary/aromatic N) is 2. The molecule has 12 heavy (non-hydrogen) atoms.